The van der Waals surface area contributed by atoms with Crippen molar-refractivity contribution in [1.82, 2.24) is 0 Å². The van der Waals surface area contributed by atoms with Crippen LogP contribution in [0, 0.1) is 0 Å². The lowest BCUT2D eigenvalue weighted by molar-refractivity contribution is 0.432. The Hall–Kier alpha value is -1.49. The van der Waals surface area contributed by atoms with Gasteiger partial charge < -0.3 is 15.4 Å². The predicted molar refractivity (Wildman–Crippen MR) is 76.3 cm³/mol. The lowest BCUT2D eigenvalue weighted by Crippen LogP contribution is -2.36. The molecule has 3 N–H and O–H groups in total. The maximum atomic E-state index is 9.85. The van der Waals surface area contributed by atoms with E-state index in [1.54, 1.807) is 12.1 Å². The van der Waals surface area contributed by atoms with Gasteiger partial charge >= 0.3 is 7.12 Å². The van der Waals surface area contributed by atoms with Gasteiger partial charge in [-0.25, -0.2) is 0 Å². The third-order valence-electron chi connectivity index (χ3n) is 2.49. The molecule has 0 amide bonds. The maximum Gasteiger partial charge on any atom is 0.560 e. The van der Waals surface area contributed by atoms with Crippen LogP contribution >= 0.6 is 12.4 Å². The normalized spacial score (nSPS) is 9.44. The topological polar surface area (TPSA) is 55.5 Å². The fourth-order valence-electron chi connectivity index (χ4n) is 1.52. The zero-order valence-electron chi connectivity index (χ0n) is 9.82. The number of benzene rings is 2. The predicted octanol–water partition coefficient (Wildman–Crippen LogP) is 1.33. The summed E-state index contributed by atoms with van der Waals surface area (Å²) in [6.07, 6.45) is 0. The zero-order valence-corrected chi connectivity index (χ0v) is 10.6. The van der Waals surface area contributed by atoms with Gasteiger partial charge in [0.2, 0.25) is 0 Å². The fourth-order valence-corrected chi connectivity index (χ4v) is 1.52. The second-order valence-corrected chi connectivity index (χ2v) is 3.73. The van der Waals surface area contributed by atoms with E-state index in [1.165, 1.54) is 0 Å². The smallest absolute Gasteiger partial charge is 0.532 e. The van der Waals surface area contributed by atoms with Gasteiger partial charge in [-0.15, -0.1) is 12.4 Å². The Bertz CT molecular complexity index is 464. The van der Waals surface area contributed by atoms with Crippen molar-refractivity contribution in [2.75, 3.05) is 0 Å². The third-order valence-corrected chi connectivity index (χ3v) is 2.49. The van der Waals surface area contributed by atoms with Crippen LogP contribution < -0.4 is 15.9 Å². The number of hydrogen-bond donors (Lipinski definition) is 2. The molecule has 0 aliphatic rings. The Morgan fingerprint density at radius 1 is 1.00 bits per heavy atom. The Labute approximate surface area is 113 Å². The van der Waals surface area contributed by atoms with Crippen LogP contribution in [0.4, 0.5) is 0 Å². The first-order valence-electron chi connectivity index (χ1n) is 5.48. The van der Waals surface area contributed by atoms with Crippen LogP contribution in [-0.4, -0.2) is 12.1 Å². The molecule has 0 unspecified atom stereocenters. The van der Waals surface area contributed by atoms with E-state index in [1.807, 2.05) is 42.5 Å². The van der Waals surface area contributed by atoms with Crippen molar-refractivity contribution in [2.24, 2.45) is 5.73 Å². The molecule has 0 atom stereocenters. The van der Waals surface area contributed by atoms with Crippen molar-refractivity contribution < 1.29 is 9.68 Å². The van der Waals surface area contributed by atoms with E-state index in [2.05, 4.69) is 0 Å². The molecule has 0 fully saturated rings. The molecule has 0 saturated heterocycles. The average molecular weight is 264 g/mol. The molecule has 2 aromatic carbocycles. The molecule has 3 nitrogen and oxygen atoms in total. The molecule has 0 aliphatic heterocycles. The van der Waals surface area contributed by atoms with E-state index >= 15 is 0 Å². The number of rotatable bonds is 4. The first kappa shape index (κ1) is 14.6. The molecule has 0 heterocycles. The first-order valence-corrected chi connectivity index (χ1v) is 5.48. The SMILES string of the molecule is Cl.NCc1ccc(OB(O)c2ccccc2)cc1. The second-order valence-electron chi connectivity index (χ2n) is 3.73. The van der Waals surface area contributed by atoms with Gasteiger partial charge in [-0.05, 0) is 23.2 Å². The molecule has 0 aliphatic carbocycles. The molecule has 0 aromatic heterocycles. The number of halogens is 1. The van der Waals surface area contributed by atoms with E-state index in [0.29, 0.717) is 12.3 Å². The van der Waals surface area contributed by atoms with E-state index < -0.39 is 7.12 Å². The Morgan fingerprint density at radius 2 is 1.61 bits per heavy atom. The molecular weight excluding hydrogens is 248 g/mol. The van der Waals surface area contributed by atoms with Gasteiger partial charge in [0.15, 0.2) is 0 Å². The van der Waals surface area contributed by atoms with Crippen LogP contribution in [-0.2, 0) is 6.54 Å². The third kappa shape index (κ3) is 3.77. The van der Waals surface area contributed by atoms with Gasteiger partial charge in [0.25, 0.3) is 0 Å². The molecule has 2 rings (SSSR count). The summed E-state index contributed by atoms with van der Waals surface area (Å²) >= 11 is 0. The summed E-state index contributed by atoms with van der Waals surface area (Å²) in [5.41, 5.74) is 7.27. The van der Waals surface area contributed by atoms with Crippen molar-refractivity contribution in [3.05, 3.63) is 60.2 Å². The highest BCUT2D eigenvalue weighted by atomic mass is 35.5. The van der Waals surface area contributed by atoms with Crippen LogP contribution in [0.2, 0.25) is 0 Å². The van der Waals surface area contributed by atoms with Crippen molar-refractivity contribution >= 4 is 25.0 Å². The standard InChI is InChI=1S/C13H14BNO2.ClH/c15-10-11-6-8-13(9-7-11)17-14(16)12-4-2-1-3-5-12;/h1-9,16H,10,15H2;1H. The summed E-state index contributed by atoms with van der Waals surface area (Å²) in [5.74, 6) is 0.624. The molecule has 0 radical (unpaired) electrons. The fraction of sp³-hybridized carbons (Fsp3) is 0.0769. The molecule has 18 heavy (non-hydrogen) atoms. The van der Waals surface area contributed by atoms with Gasteiger partial charge in [0.1, 0.15) is 5.75 Å². The largest absolute Gasteiger partial charge is 0.560 e. The van der Waals surface area contributed by atoms with E-state index in [-0.39, 0.29) is 12.4 Å². The van der Waals surface area contributed by atoms with E-state index in [4.69, 9.17) is 10.4 Å². The van der Waals surface area contributed by atoms with Crippen LogP contribution in [0.5, 0.6) is 5.75 Å². The second kappa shape index (κ2) is 7.06. The maximum absolute atomic E-state index is 9.85. The molecule has 0 bridgehead atoms. The minimum absolute atomic E-state index is 0. The van der Waals surface area contributed by atoms with Crippen molar-refractivity contribution in [3.8, 4) is 5.75 Å². The van der Waals surface area contributed by atoms with Gasteiger partial charge in [-0.3, -0.25) is 0 Å². The quantitative estimate of drug-likeness (QED) is 0.819. The molecule has 2 aromatic rings. The summed E-state index contributed by atoms with van der Waals surface area (Å²) in [6.45, 7) is 0.502. The molecule has 5 heteroatoms. The van der Waals surface area contributed by atoms with Crippen LogP contribution in [0.25, 0.3) is 0 Å². The summed E-state index contributed by atoms with van der Waals surface area (Å²) in [4.78, 5) is 0. The van der Waals surface area contributed by atoms with Gasteiger partial charge in [0, 0.05) is 6.54 Å². The lowest BCUT2D eigenvalue weighted by atomic mass is 9.79. The highest BCUT2D eigenvalue weighted by molar-refractivity contribution is 6.60. The summed E-state index contributed by atoms with van der Waals surface area (Å²) in [7, 11) is -0.945. The Kier molecular flexibility index (Phi) is 5.72. The van der Waals surface area contributed by atoms with Crippen molar-refractivity contribution in [1.29, 1.82) is 0 Å². The molecule has 94 valence electrons. The van der Waals surface area contributed by atoms with Crippen molar-refractivity contribution in [3.63, 3.8) is 0 Å². The van der Waals surface area contributed by atoms with Gasteiger partial charge in [-0.1, -0.05) is 42.5 Å². The monoisotopic (exact) mass is 263 g/mol. The molecule has 0 saturated carbocycles. The number of hydrogen-bond acceptors (Lipinski definition) is 3. The average Bonchev–Trinajstić information content (AvgIpc) is 2.40. The minimum Gasteiger partial charge on any atom is -0.532 e. The summed E-state index contributed by atoms with van der Waals surface area (Å²) < 4.78 is 5.41. The van der Waals surface area contributed by atoms with Gasteiger partial charge in [-0.2, -0.15) is 0 Å². The lowest BCUT2D eigenvalue weighted by Gasteiger charge is -2.10. The highest BCUT2D eigenvalue weighted by Crippen LogP contribution is 2.12. The molecule has 0 spiro atoms. The van der Waals surface area contributed by atoms with E-state index in [0.717, 1.165) is 11.0 Å². The summed E-state index contributed by atoms with van der Waals surface area (Å²) in [6, 6.07) is 16.6. The first-order chi connectivity index (χ1) is 8.29. The Balaban J connectivity index is 0.00000162. The van der Waals surface area contributed by atoms with Crippen molar-refractivity contribution in [2.45, 2.75) is 6.54 Å². The van der Waals surface area contributed by atoms with Crippen LogP contribution in [0.3, 0.4) is 0 Å². The van der Waals surface area contributed by atoms with Gasteiger partial charge in [0.05, 0.1) is 0 Å². The number of nitrogens with two attached hydrogens (primary N) is 1. The van der Waals surface area contributed by atoms with Crippen LogP contribution in [0.15, 0.2) is 54.6 Å². The summed E-state index contributed by atoms with van der Waals surface area (Å²) in [5, 5.41) is 9.85. The highest BCUT2D eigenvalue weighted by Gasteiger charge is 2.17. The zero-order chi connectivity index (χ0) is 12.1. The molecular formula is C13H15BClNO2. The minimum atomic E-state index is -0.945. The Morgan fingerprint density at radius 3 is 2.17 bits per heavy atom. The van der Waals surface area contributed by atoms with E-state index in [9.17, 15) is 5.02 Å². The van der Waals surface area contributed by atoms with Crippen LogP contribution in [0.1, 0.15) is 5.56 Å².